The van der Waals surface area contributed by atoms with Crippen molar-refractivity contribution in [3.8, 4) is 0 Å². The van der Waals surface area contributed by atoms with Crippen LogP contribution in [0.15, 0.2) is 97.2 Å². The third-order valence-corrected chi connectivity index (χ3v) is 12.6. The quantitative estimate of drug-likeness (QED) is 0.0261. The molecule has 0 aliphatic rings. The van der Waals surface area contributed by atoms with Crippen LogP contribution in [0.25, 0.3) is 0 Å². The first-order chi connectivity index (χ1) is 35.0. The SMILES string of the molecule is CC/C=C\C/C=C\C/C=C\C/C=C\C/C=C\CCCCCCCCCCCCCCCC(=O)OCC(COC(=O)CCCCCCC)OC(=O)CCCCCCCC/C=C\C/C=C\C/C=C\CCCCC. The van der Waals surface area contributed by atoms with Crippen LogP contribution >= 0.6 is 0 Å². The molecule has 0 saturated heterocycles. The van der Waals surface area contributed by atoms with E-state index in [1.165, 1.54) is 116 Å². The molecule has 0 N–H and O–H groups in total. The van der Waals surface area contributed by atoms with Crippen molar-refractivity contribution in [2.45, 2.75) is 284 Å². The van der Waals surface area contributed by atoms with Crippen LogP contribution in [0.2, 0.25) is 0 Å². The summed E-state index contributed by atoms with van der Waals surface area (Å²) in [6.45, 7) is 6.41. The lowest BCUT2D eigenvalue weighted by atomic mass is 10.0. The minimum absolute atomic E-state index is 0.0826. The maximum atomic E-state index is 12.8. The summed E-state index contributed by atoms with van der Waals surface area (Å²) >= 11 is 0. The Kier molecular flexibility index (Phi) is 55.9. The molecule has 1 atom stereocenters. The van der Waals surface area contributed by atoms with Crippen LogP contribution in [-0.2, 0) is 28.6 Å². The van der Waals surface area contributed by atoms with E-state index in [1.807, 2.05) is 0 Å². The molecule has 0 bridgehead atoms. The first kappa shape index (κ1) is 67.3. The van der Waals surface area contributed by atoms with E-state index in [0.717, 1.165) is 122 Å². The number of carbonyl (C=O) groups is 3. The van der Waals surface area contributed by atoms with Gasteiger partial charge in [-0.25, -0.2) is 0 Å². The number of allylic oxidation sites excluding steroid dienone is 16. The van der Waals surface area contributed by atoms with E-state index in [9.17, 15) is 14.4 Å². The van der Waals surface area contributed by atoms with E-state index in [1.54, 1.807) is 0 Å². The highest BCUT2D eigenvalue weighted by molar-refractivity contribution is 5.71. The Labute approximate surface area is 438 Å². The second kappa shape index (κ2) is 58.9. The van der Waals surface area contributed by atoms with Gasteiger partial charge < -0.3 is 14.2 Å². The number of carbonyl (C=O) groups excluding carboxylic acids is 3. The molecule has 0 aliphatic heterocycles. The molecule has 6 heteroatoms. The molecule has 6 nitrogen and oxygen atoms in total. The molecule has 0 aliphatic carbocycles. The van der Waals surface area contributed by atoms with Crippen molar-refractivity contribution < 1.29 is 28.6 Å². The van der Waals surface area contributed by atoms with Crippen LogP contribution in [0.4, 0.5) is 0 Å². The van der Waals surface area contributed by atoms with Gasteiger partial charge in [0, 0.05) is 19.3 Å². The van der Waals surface area contributed by atoms with E-state index >= 15 is 0 Å². The Balaban J connectivity index is 4.07. The van der Waals surface area contributed by atoms with Gasteiger partial charge >= 0.3 is 17.9 Å². The molecule has 406 valence electrons. The number of esters is 3. The van der Waals surface area contributed by atoms with Crippen molar-refractivity contribution in [1.82, 2.24) is 0 Å². The van der Waals surface area contributed by atoms with Crippen LogP contribution in [-0.4, -0.2) is 37.2 Å². The highest BCUT2D eigenvalue weighted by atomic mass is 16.6. The fraction of sp³-hybridized carbons (Fsp3) is 0.708. The zero-order chi connectivity index (χ0) is 51.4. The van der Waals surface area contributed by atoms with Crippen molar-refractivity contribution in [1.29, 1.82) is 0 Å². The van der Waals surface area contributed by atoms with Gasteiger partial charge in [-0.2, -0.15) is 0 Å². The Morgan fingerprint density at radius 1 is 0.296 bits per heavy atom. The largest absolute Gasteiger partial charge is 0.462 e. The average Bonchev–Trinajstić information content (AvgIpc) is 3.37. The molecule has 0 rings (SSSR count). The minimum atomic E-state index is -0.781. The molecule has 0 spiro atoms. The molecule has 0 saturated carbocycles. The van der Waals surface area contributed by atoms with Gasteiger partial charge in [-0.05, 0) is 103 Å². The predicted molar refractivity (Wildman–Crippen MR) is 307 cm³/mol. The highest BCUT2D eigenvalue weighted by Crippen LogP contribution is 2.15. The summed E-state index contributed by atoms with van der Waals surface area (Å²) in [6, 6.07) is 0. The lowest BCUT2D eigenvalue weighted by Gasteiger charge is -2.18. The summed E-state index contributed by atoms with van der Waals surface area (Å²) in [7, 11) is 0. The molecule has 0 aromatic rings. The Bertz CT molecular complexity index is 1410. The molecule has 0 fully saturated rings. The van der Waals surface area contributed by atoms with Crippen LogP contribution in [0.1, 0.15) is 278 Å². The lowest BCUT2D eigenvalue weighted by molar-refractivity contribution is -0.167. The van der Waals surface area contributed by atoms with Crippen molar-refractivity contribution in [2.75, 3.05) is 13.2 Å². The molecule has 0 heterocycles. The van der Waals surface area contributed by atoms with Crippen LogP contribution in [0.5, 0.6) is 0 Å². The minimum Gasteiger partial charge on any atom is -0.462 e. The topological polar surface area (TPSA) is 78.9 Å². The van der Waals surface area contributed by atoms with E-state index in [-0.39, 0.29) is 31.1 Å². The Hall–Kier alpha value is -3.67. The molecule has 1 unspecified atom stereocenters. The van der Waals surface area contributed by atoms with Gasteiger partial charge in [-0.15, -0.1) is 0 Å². The van der Waals surface area contributed by atoms with Crippen LogP contribution in [0, 0.1) is 0 Å². The lowest BCUT2D eigenvalue weighted by Crippen LogP contribution is -2.30. The Morgan fingerprint density at radius 3 is 0.887 bits per heavy atom. The summed E-state index contributed by atoms with van der Waals surface area (Å²) in [6.07, 6.45) is 78.8. The average molecular weight is 988 g/mol. The van der Waals surface area contributed by atoms with Crippen molar-refractivity contribution in [3.05, 3.63) is 97.2 Å². The van der Waals surface area contributed by atoms with E-state index in [4.69, 9.17) is 14.2 Å². The zero-order valence-electron chi connectivity index (χ0n) is 46.5. The first-order valence-electron chi connectivity index (χ1n) is 29.7. The van der Waals surface area contributed by atoms with Gasteiger partial charge in [0.1, 0.15) is 13.2 Å². The summed E-state index contributed by atoms with van der Waals surface area (Å²) < 4.78 is 16.7. The maximum absolute atomic E-state index is 12.8. The van der Waals surface area contributed by atoms with Gasteiger partial charge in [0.25, 0.3) is 0 Å². The number of rotatable bonds is 53. The van der Waals surface area contributed by atoms with Gasteiger partial charge in [0.05, 0.1) is 0 Å². The monoisotopic (exact) mass is 987 g/mol. The molecular weight excluding hydrogens is 877 g/mol. The highest BCUT2D eigenvalue weighted by Gasteiger charge is 2.19. The number of unbranched alkanes of at least 4 members (excludes halogenated alkanes) is 26. The normalized spacial score (nSPS) is 12.8. The fourth-order valence-electron chi connectivity index (χ4n) is 8.12. The van der Waals surface area contributed by atoms with E-state index < -0.39 is 6.10 Å². The molecule has 0 aromatic carbocycles. The molecule has 0 aromatic heterocycles. The van der Waals surface area contributed by atoms with Crippen LogP contribution in [0.3, 0.4) is 0 Å². The fourth-order valence-corrected chi connectivity index (χ4v) is 8.12. The summed E-state index contributed by atoms with van der Waals surface area (Å²) in [5.41, 5.74) is 0. The predicted octanol–water partition coefficient (Wildman–Crippen LogP) is 20.1. The van der Waals surface area contributed by atoms with Crippen LogP contribution < -0.4 is 0 Å². The maximum Gasteiger partial charge on any atom is 0.306 e. The summed E-state index contributed by atoms with van der Waals surface area (Å²) in [5.74, 6) is -0.907. The molecule has 0 radical (unpaired) electrons. The van der Waals surface area contributed by atoms with Gasteiger partial charge in [0.2, 0.25) is 0 Å². The molecular formula is C65H110O6. The van der Waals surface area contributed by atoms with Gasteiger partial charge in [0.15, 0.2) is 6.10 Å². The van der Waals surface area contributed by atoms with Gasteiger partial charge in [-0.1, -0.05) is 253 Å². The van der Waals surface area contributed by atoms with Gasteiger partial charge in [-0.3, -0.25) is 14.4 Å². The van der Waals surface area contributed by atoms with Crippen molar-refractivity contribution in [2.24, 2.45) is 0 Å². The van der Waals surface area contributed by atoms with Crippen molar-refractivity contribution >= 4 is 17.9 Å². The summed E-state index contributed by atoms with van der Waals surface area (Å²) in [5, 5.41) is 0. The van der Waals surface area contributed by atoms with Crippen molar-refractivity contribution in [3.63, 3.8) is 0 Å². The zero-order valence-corrected chi connectivity index (χ0v) is 46.5. The number of hydrogen-bond acceptors (Lipinski definition) is 6. The smallest absolute Gasteiger partial charge is 0.306 e. The number of hydrogen-bond donors (Lipinski definition) is 0. The number of ether oxygens (including phenoxy) is 3. The molecule has 0 amide bonds. The first-order valence-corrected chi connectivity index (χ1v) is 29.7. The van der Waals surface area contributed by atoms with E-state index in [0.29, 0.717) is 19.3 Å². The van der Waals surface area contributed by atoms with E-state index in [2.05, 4.69) is 118 Å². The molecule has 71 heavy (non-hydrogen) atoms. The standard InChI is InChI=1S/C65H110O6/c1-4-7-10-13-15-17-19-21-23-25-27-28-29-30-31-32-33-34-35-36-38-39-41-43-45-47-49-52-55-58-64(67)70-61-62(60-69-63(66)57-54-51-12-9-6-3)71-65(68)59-56-53-50-48-46-44-42-40-37-26-24-22-20-18-16-14-11-8-5-2/h7,10,15-18,21-24,27-28,30-31,37,40,62H,4-6,8-9,11-14,19-20,25-26,29,32-36,38-39,41-61H2,1-3H3/b10-7-,17-15-,18-16-,23-21-,24-22-,28-27-,31-30-,40-37-. The second-order valence-corrected chi connectivity index (χ2v) is 19.5. The summed E-state index contributed by atoms with van der Waals surface area (Å²) in [4.78, 5) is 37.8. The second-order valence-electron chi connectivity index (χ2n) is 19.5. The Morgan fingerprint density at radius 2 is 0.549 bits per heavy atom. The third-order valence-electron chi connectivity index (χ3n) is 12.6. The third kappa shape index (κ3) is 57.1.